The van der Waals surface area contributed by atoms with E-state index in [1.807, 2.05) is 0 Å². The van der Waals surface area contributed by atoms with Gasteiger partial charge in [0.15, 0.2) is 18.9 Å². The van der Waals surface area contributed by atoms with E-state index in [4.69, 9.17) is 23.7 Å². The lowest BCUT2D eigenvalue weighted by molar-refractivity contribution is -0.362. The minimum Gasteiger partial charge on any atom is -0.394 e. The fourth-order valence-corrected chi connectivity index (χ4v) is 4.80. The molecular weight excluding hydrogens is 532 g/mol. The molecule has 10 N–H and O–H groups in total. The number of aliphatic hydroxyl groups excluding tert-OH is 8. The molecular formula is C22H38N2O15. The van der Waals surface area contributed by atoms with Gasteiger partial charge < -0.3 is 75.2 Å². The summed E-state index contributed by atoms with van der Waals surface area (Å²) in [5, 5.41) is 86.7. The molecule has 0 aliphatic carbocycles. The third-order valence-corrected chi connectivity index (χ3v) is 6.86. The van der Waals surface area contributed by atoms with Crippen LogP contribution >= 0.6 is 0 Å². The Labute approximate surface area is 223 Å². The van der Waals surface area contributed by atoms with Crippen molar-refractivity contribution >= 4 is 11.8 Å². The van der Waals surface area contributed by atoms with Crippen LogP contribution in [0.25, 0.3) is 0 Å². The summed E-state index contributed by atoms with van der Waals surface area (Å²) in [4.78, 5) is 23.8. The van der Waals surface area contributed by atoms with Crippen molar-refractivity contribution in [3.8, 4) is 0 Å². The van der Waals surface area contributed by atoms with Crippen molar-refractivity contribution < 1.29 is 74.1 Å². The van der Waals surface area contributed by atoms with Crippen LogP contribution in [0.15, 0.2) is 0 Å². The summed E-state index contributed by atoms with van der Waals surface area (Å²) in [5.41, 5.74) is 0. The molecule has 3 fully saturated rings. The van der Waals surface area contributed by atoms with Crippen LogP contribution in [0.1, 0.15) is 20.8 Å². The summed E-state index contributed by atoms with van der Waals surface area (Å²) < 4.78 is 28.4. The first kappa shape index (κ1) is 31.9. The number of aliphatic hydroxyl groups is 8. The minimum absolute atomic E-state index is 0.635. The topological polar surface area (TPSA) is 266 Å². The molecule has 3 aliphatic rings. The van der Waals surface area contributed by atoms with Crippen molar-refractivity contribution in [2.24, 2.45) is 0 Å². The number of carbonyl (C=O) groups is 2. The second-order valence-corrected chi connectivity index (χ2v) is 9.79. The summed E-state index contributed by atoms with van der Waals surface area (Å²) >= 11 is 0. The number of nitrogens with one attached hydrogen (secondary N) is 2. The Morgan fingerprint density at radius 3 is 1.79 bits per heavy atom. The zero-order valence-corrected chi connectivity index (χ0v) is 21.5. The van der Waals surface area contributed by atoms with E-state index in [1.54, 1.807) is 0 Å². The molecule has 0 radical (unpaired) electrons. The number of rotatable bonds is 8. The third-order valence-electron chi connectivity index (χ3n) is 6.86. The van der Waals surface area contributed by atoms with E-state index in [1.165, 1.54) is 6.92 Å². The average Bonchev–Trinajstić information content (AvgIpc) is 2.88. The van der Waals surface area contributed by atoms with Crippen molar-refractivity contribution in [3.63, 3.8) is 0 Å². The van der Waals surface area contributed by atoms with E-state index in [2.05, 4.69) is 10.6 Å². The first-order chi connectivity index (χ1) is 18.3. The summed E-state index contributed by atoms with van der Waals surface area (Å²) in [6.07, 6.45) is -20.0. The fourth-order valence-electron chi connectivity index (χ4n) is 4.80. The Hall–Kier alpha value is -1.58. The SMILES string of the molecule is CC(=O)N[C@@H]1[C@@H](O[C@H]2O[C@@H](C)[C@@H](O)[C@@H](O)[C@@H]2O)[C@H](O[C@@H]2O[C@H](CO)[C@@H](O)[C@H](O)[C@H]2NC(C)=O)[C@@H](CO)O[C@H]1O. The van der Waals surface area contributed by atoms with Crippen LogP contribution in [-0.2, 0) is 33.3 Å². The summed E-state index contributed by atoms with van der Waals surface area (Å²) in [7, 11) is 0. The molecule has 3 heterocycles. The van der Waals surface area contributed by atoms with Crippen molar-refractivity contribution in [1.29, 1.82) is 0 Å². The van der Waals surface area contributed by atoms with E-state index in [9.17, 15) is 50.4 Å². The molecule has 0 aromatic heterocycles. The molecule has 0 spiro atoms. The Kier molecular flexibility index (Phi) is 11.0. The predicted octanol–water partition coefficient (Wildman–Crippen LogP) is -6.26. The van der Waals surface area contributed by atoms with Crippen LogP contribution in [-0.4, -0.2) is 158 Å². The van der Waals surface area contributed by atoms with Crippen LogP contribution in [0.5, 0.6) is 0 Å². The van der Waals surface area contributed by atoms with Crippen molar-refractivity contribution in [1.82, 2.24) is 10.6 Å². The van der Waals surface area contributed by atoms with Crippen LogP contribution in [0.2, 0.25) is 0 Å². The Morgan fingerprint density at radius 1 is 0.667 bits per heavy atom. The van der Waals surface area contributed by atoms with Gasteiger partial charge in [-0.3, -0.25) is 9.59 Å². The summed E-state index contributed by atoms with van der Waals surface area (Å²) in [6, 6.07) is -2.82. The van der Waals surface area contributed by atoms with Crippen LogP contribution in [0, 0.1) is 0 Å². The van der Waals surface area contributed by atoms with Gasteiger partial charge in [-0.2, -0.15) is 0 Å². The Morgan fingerprint density at radius 2 is 1.23 bits per heavy atom. The van der Waals surface area contributed by atoms with Crippen LogP contribution in [0.3, 0.4) is 0 Å². The molecule has 17 nitrogen and oxygen atoms in total. The van der Waals surface area contributed by atoms with Crippen molar-refractivity contribution in [2.45, 2.75) is 113 Å². The van der Waals surface area contributed by atoms with Gasteiger partial charge in [-0.1, -0.05) is 0 Å². The van der Waals surface area contributed by atoms with Gasteiger partial charge in [-0.15, -0.1) is 0 Å². The number of amides is 2. The highest BCUT2D eigenvalue weighted by Gasteiger charge is 2.54. The maximum Gasteiger partial charge on any atom is 0.217 e. The molecule has 39 heavy (non-hydrogen) atoms. The van der Waals surface area contributed by atoms with Gasteiger partial charge in [0.05, 0.1) is 19.3 Å². The zero-order chi connectivity index (χ0) is 29.2. The predicted molar refractivity (Wildman–Crippen MR) is 123 cm³/mol. The molecule has 3 aliphatic heterocycles. The maximum atomic E-state index is 12.0. The van der Waals surface area contributed by atoms with Gasteiger partial charge in [0.25, 0.3) is 0 Å². The van der Waals surface area contributed by atoms with Gasteiger partial charge >= 0.3 is 0 Å². The molecule has 0 aromatic carbocycles. The number of hydrogen-bond acceptors (Lipinski definition) is 15. The van der Waals surface area contributed by atoms with Gasteiger partial charge in [0.2, 0.25) is 11.8 Å². The van der Waals surface area contributed by atoms with E-state index < -0.39 is 117 Å². The van der Waals surface area contributed by atoms with E-state index in [0.717, 1.165) is 13.8 Å². The lowest BCUT2D eigenvalue weighted by Crippen LogP contribution is -2.70. The largest absolute Gasteiger partial charge is 0.394 e. The highest BCUT2D eigenvalue weighted by atomic mass is 16.7. The zero-order valence-electron chi connectivity index (χ0n) is 21.5. The molecule has 0 unspecified atom stereocenters. The van der Waals surface area contributed by atoms with Crippen LogP contribution in [0.4, 0.5) is 0 Å². The van der Waals surface area contributed by atoms with E-state index in [0.29, 0.717) is 0 Å². The lowest BCUT2D eigenvalue weighted by atomic mass is 9.94. The highest BCUT2D eigenvalue weighted by Crippen LogP contribution is 2.33. The van der Waals surface area contributed by atoms with Crippen LogP contribution < -0.4 is 10.6 Å². The van der Waals surface area contributed by atoms with Gasteiger partial charge in [0, 0.05) is 13.8 Å². The number of carbonyl (C=O) groups excluding carboxylic acids is 2. The van der Waals surface area contributed by atoms with Crippen molar-refractivity contribution in [2.75, 3.05) is 13.2 Å². The molecule has 0 bridgehead atoms. The molecule has 3 saturated heterocycles. The lowest BCUT2D eigenvalue weighted by Gasteiger charge is -2.50. The third kappa shape index (κ3) is 7.02. The van der Waals surface area contributed by atoms with Gasteiger partial charge in [0.1, 0.15) is 67.0 Å². The maximum absolute atomic E-state index is 12.0. The molecule has 0 saturated carbocycles. The Balaban J connectivity index is 1.98. The fraction of sp³-hybridized carbons (Fsp3) is 0.909. The molecule has 0 aromatic rings. The monoisotopic (exact) mass is 570 g/mol. The molecule has 2 amide bonds. The number of hydrogen-bond donors (Lipinski definition) is 10. The van der Waals surface area contributed by atoms with Gasteiger partial charge in [-0.25, -0.2) is 0 Å². The summed E-state index contributed by atoms with van der Waals surface area (Å²) in [6.45, 7) is 2.13. The molecule has 17 heteroatoms. The van der Waals surface area contributed by atoms with E-state index >= 15 is 0 Å². The average molecular weight is 571 g/mol. The van der Waals surface area contributed by atoms with E-state index in [-0.39, 0.29) is 0 Å². The summed E-state index contributed by atoms with van der Waals surface area (Å²) in [5.74, 6) is -1.28. The standard InChI is InChI=1S/C22H38N2O15/c1-6-13(29)16(32)17(33)22(35-6)39-19-12(24-8(3)28)20(34)36-10(5-26)18(19)38-21-11(23-7(2)27)15(31)14(30)9(4-25)37-21/h6,9-22,25-26,29-34H,4-5H2,1-3H3,(H,23,27)(H,24,28)/t6-,9+,10+,11+,12+,13+,14+,15+,16+,17-,18+,19+,20+,21-,22+/m0/s1. The first-order valence-electron chi connectivity index (χ1n) is 12.4. The molecule has 15 atom stereocenters. The first-order valence-corrected chi connectivity index (χ1v) is 12.4. The normalized spacial score (nSPS) is 46.9. The molecule has 226 valence electrons. The number of ether oxygens (including phenoxy) is 5. The van der Waals surface area contributed by atoms with Crippen molar-refractivity contribution in [3.05, 3.63) is 0 Å². The second kappa shape index (κ2) is 13.4. The quantitative estimate of drug-likeness (QED) is 0.130. The minimum atomic E-state index is -1.80. The second-order valence-electron chi connectivity index (χ2n) is 9.79. The highest BCUT2D eigenvalue weighted by molar-refractivity contribution is 5.73. The smallest absolute Gasteiger partial charge is 0.217 e. The molecule has 3 rings (SSSR count). The van der Waals surface area contributed by atoms with Gasteiger partial charge in [-0.05, 0) is 6.92 Å². The Bertz CT molecular complexity index is 837.